The van der Waals surface area contributed by atoms with E-state index < -0.39 is 41.0 Å². The van der Waals surface area contributed by atoms with E-state index in [-0.39, 0.29) is 36.8 Å². The molecule has 2 aromatic rings. The van der Waals surface area contributed by atoms with E-state index in [1.165, 1.54) is 18.3 Å². The van der Waals surface area contributed by atoms with E-state index in [9.17, 15) is 24.0 Å². The Morgan fingerprint density at radius 3 is 1.68 bits per heavy atom. The molecule has 0 saturated carbocycles. The molecule has 0 amide bonds. The van der Waals surface area contributed by atoms with Crippen LogP contribution in [0.15, 0.2) is 66.6 Å². The van der Waals surface area contributed by atoms with Gasteiger partial charge in [0.15, 0.2) is 11.5 Å². The fourth-order valence-electron chi connectivity index (χ4n) is 1.55. The lowest BCUT2D eigenvalue weighted by Crippen LogP contribution is -2.09. The fourth-order valence-corrected chi connectivity index (χ4v) is 1.55. The lowest BCUT2D eigenvalue weighted by molar-refractivity contribution is -0.191. The van der Waals surface area contributed by atoms with Crippen LogP contribution in [0.5, 0.6) is 11.5 Å². The number of carboxylic acid groups (broad SMARTS) is 4. The molecule has 1 aromatic carbocycles. The van der Waals surface area contributed by atoms with Gasteiger partial charge in [0.05, 0.1) is 17.4 Å². The number of pyridine rings is 1. The van der Waals surface area contributed by atoms with Crippen molar-refractivity contribution in [1.29, 1.82) is 0 Å². The number of phenolic OH excluding ortho intramolecular Hbond substituents is 2. The van der Waals surface area contributed by atoms with Crippen molar-refractivity contribution in [3.05, 3.63) is 77.8 Å². The molecular formula is C22H21NO14. The van der Waals surface area contributed by atoms with Gasteiger partial charge >= 0.3 is 30.0 Å². The van der Waals surface area contributed by atoms with Gasteiger partial charge in [0, 0.05) is 6.20 Å². The van der Waals surface area contributed by atoms with Crippen LogP contribution in [-0.4, -0.2) is 76.5 Å². The molecule has 0 aliphatic rings. The van der Waals surface area contributed by atoms with E-state index in [1.807, 2.05) is 0 Å². The summed E-state index contributed by atoms with van der Waals surface area (Å²) in [6.45, 7) is 0. The smallest absolute Gasteiger partial charge is 0.376 e. The minimum absolute atomic E-state index is 0. The predicted molar refractivity (Wildman–Crippen MR) is 120 cm³/mol. The van der Waals surface area contributed by atoms with Crippen molar-refractivity contribution in [1.82, 2.24) is 4.98 Å². The second-order valence-corrected chi connectivity index (χ2v) is 5.50. The number of nitrogens with zero attached hydrogens (tertiary/aromatic N) is 1. The molecule has 1 heterocycles. The lowest BCUT2D eigenvalue weighted by Gasteiger charge is -1.97. The average Bonchev–Trinajstić information content (AvgIpc) is 2.82. The summed E-state index contributed by atoms with van der Waals surface area (Å²) in [6, 6.07) is 8.07. The highest BCUT2D eigenvalue weighted by Crippen LogP contribution is 2.24. The Hall–Kier alpha value is -5.82. The Morgan fingerprint density at radius 2 is 1.35 bits per heavy atom. The molecule has 0 saturated heterocycles. The van der Waals surface area contributed by atoms with Crippen molar-refractivity contribution in [3.63, 3.8) is 0 Å². The first-order valence-electron chi connectivity index (χ1n) is 8.74. The third-order valence-corrected chi connectivity index (χ3v) is 3.12. The van der Waals surface area contributed by atoms with Crippen molar-refractivity contribution >= 4 is 35.8 Å². The van der Waals surface area contributed by atoms with Crippen LogP contribution in [0.2, 0.25) is 0 Å². The van der Waals surface area contributed by atoms with Gasteiger partial charge in [-0.3, -0.25) is 4.79 Å². The number of rotatable bonds is 6. The van der Waals surface area contributed by atoms with E-state index in [4.69, 9.17) is 45.3 Å². The number of aromatic nitrogens is 1. The molecule has 15 heteroatoms. The van der Waals surface area contributed by atoms with E-state index in [1.54, 1.807) is 12.1 Å². The molecule has 2 rings (SSSR count). The number of hydrogen-bond acceptors (Lipinski definition) is 11. The summed E-state index contributed by atoms with van der Waals surface area (Å²) in [5.74, 6) is -7.30. The summed E-state index contributed by atoms with van der Waals surface area (Å²) < 4.78 is 0. The first kappa shape index (κ1) is 35.8. The lowest BCUT2D eigenvalue weighted by atomic mass is 10.2. The molecule has 0 radical (unpaired) electrons. The quantitative estimate of drug-likeness (QED) is 0.0925. The van der Waals surface area contributed by atoms with Crippen molar-refractivity contribution in [2.24, 2.45) is 0 Å². The highest BCUT2D eigenvalue weighted by Gasteiger charge is 2.08. The minimum atomic E-state index is -1.70. The number of aromatic hydroxyl groups is 2. The van der Waals surface area contributed by atoms with Gasteiger partial charge < -0.3 is 35.7 Å². The van der Waals surface area contributed by atoms with Crippen LogP contribution in [-0.2, 0) is 24.0 Å². The van der Waals surface area contributed by atoms with Crippen LogP contribution >= 0.6 is 0 Å². The van der Waals surface area contributed by atoms with Gasteiger partial charge in [-0.15, -0.1) is 0 Å². The van der Waals surface area contributed by atoms with Crippen molar-refractivity contribution < 1.29 is 69.3 Å². The van der Waals surface area contributed by atoms with Gasteiger partial charge in [0.2, 0.25) is 0 Å². The van der Waals surface area contributed by atoms with E-state index in [0.29, 0.717) is 12.2 Å². The maximum absolute atomic E-state index is 10.4. The number of carboxylic acids is 4. The molecular weight excluding hydrogens is 502 g/mol. The van der Waals surface area contributed by atoms with Gasteiger partial charge in [0.25, 0.3) is 5.78 Å². The van der Waals surface area contributed by atoms with Crippen LogP contribution < -0.4 is 0 Å². The SMILES string of the molecule is C.O=C(O)C(=O)C=CC(=CO)C(=O)O.O=C(O)c1ccc(O)c(O)c1.O=C(O)c1ccccn1.O=C=O. The zero-order valence-corrected chi connectivity index (χ0v) is 17.7. The molecule has 0 aliphatic carbocycles. The average molecular weight is 523 g/mol. The monoisotopic (exact) mass is 523 g/mol. The van der Waals surface area contributed by atoms with Crippen molar-refractivity contribution in [2.75, 3.05) is 0 Å². The topological polar surface area (TPSA) is 274 Å². The third-order valence-electron chi connectivity index (χ3n) is 3.12. The number of ketones is 1. The number of aliphatic carboxylic acids is 2. The molecule has 0 bridgehead atoms. The largest absolute Gasteiger partial charge is 0.515 e. The maximum atomic E-state index is 10.4. The number of carbonyl (C=O) groups excluding carboxylic acids is 3. The van der Waals surface area contributed by atoms with Crippen LogP contribution in [0.25, 0.3) is 0 Å². The van der Waals surface area contributed by atoms with Gasteiger partial charge in [-0.05, 0) is 42.5 Å². The molecule has 37 heavy (non-hydrogen) atoms. The van der Waals surface area contributed by atoms with E-state index >= 15 is 0 Å². The summed E-state index contributed by atoms with van der Waals surface area (Å²) in [5, 5.41) is 59.0. The van der Waals surface area contributed by atoms with Gasteiger partial charge in [-0.25, -0.2) is 24.2 Å². The van der Waals surface area contributed by atoms with Gasteiger partial charge in [0.1, 0.15) is 5.69 Å². The molecule has 198 valence electrons. The summed E-state index contributed by atoms with van der Waals surface area (Å²) in [6.07, 6.45) is 3.19. The molecule has 0 atom stereocenters. The Kier molecular flexibility index (Phi) is 19.0. The summed E-state index contributed by atoms with van der Waals surface area (Å²) >= 11 is 0. The molecule has 0 spiro atoms. The number of aromatic carboxylic acids is 2. The number of benzene rings is 1. The number of hydrogen-bond donors (Lipinski definition) is 7. The normalized spacial score (nSPS) is 9.24. The number of phenols is 2. The Morgan fingerprint density at radius 1 is 0.784 bits per heavy atom. The first-order valence-corrected chi connectivity index (χ1v) is 8.74. The Bertz CT molecular complexity index is 1160. The van der Waals surface area contributed by atoms with Crippen molar-refractivity contribution in [2.45, 2.75) is 7.43 Å². The summed E-state index contributed by atoms with van der Waals surface area (Å²) in [7, 11) is 0. The Balaban J connectivity index is -0.000000443. The molecule has 1 aromatic heterocycles. The fraction of sp³-hybridized carbons (Fsp3) is 0.0455. The number of carbonyl (C=O) groups is 5. The number of aliphatic hydroxyl groups excluding tert-OH is 1. The number of aliphatic hydroxyl groups is 1. The van der Waals surface area contributed by atoms with Crippen LogP contribution in [0.4, 0.5) is 0 Å². The van der Waals surface area contributed by atoms with Gasteiger partial charge in [-0.2, -0.15) is 9.59 Å². The third kappa shape index (κ3) is 16.4. The molecule has 0 fully saturated rings. The summed E-state index contributed by atoms with van der Waals surface area (Å²) in [4.78, 5) is 70.8. The van der Waals surface area contributed by atoms with Crippen LogP contribution in [0.1, 0.15) is 28.3 Å². The van der Waals surface area contributed by atoms with Gasteiger partial charge in [-0.1, -0.05) is 13.5 Å². The highest BCUT2D eigenvalue weighted by molar-refractivity contribution is 6.37. The summed E-state index contributed by atoms with van der Waals surface area (Å²) in [5.41, 5.74) is -0.549. The van der Waals surface area contributed by atoms with E-state index in [0.717, 1.165) is 12.1 Å². The zero-order chi connectivity index (χ0) is 28.3. The van der Waals surface area contributed by atoms with Crippen molar-refractivity contribution in [3.8, 4) is 11.5 Å². The molecule has 0 aliphatic heterocycles. The van der Waals surface area contributed by atoms with Crippen LogP contribution in [0, 0.1) is 0 Å². The second kappa shape index (κ2) is 19.6. The van der Waals surface area contributed by atoms with E-state index in [2.05, 4.69) is 4.98 Å². The zero-order valence-electron chi connectivity index (χ0n) is 17.7. The molecule has 15 nitrogen and oxygen atoms in total. The Labute approximate surface area is 207 Å². The highest BCUT2D eigenvalue weighted by atomic mass is 16.4. The molecule has 0 unspecified atom stereocenters. The maximum Gasteiger partial charge on any atom is 0.376 e. The standard InChI is InChI=1S/C7H6O6.C7H6O4.C6H5NO2.CO2.CH4/c8-3-4(6(10)11)1-2-5(9)7(12)13;8-5-2-1-4(7(10)11)3-6(5)9;8-6(9)5-3-1-2-4-7-5;2-1-3;/h1-3,8H,(H,10,11)(H,12,13);1-3,8-9H,(H,10,11);1-4H,(H,8,9);;1H4. The molecule has 7 N–H and O–H groups in total. The minimum Gasteiger partial charge on any atom is -0.515 e. The second-order valence-electron chi connectivity index (χ2n) is 5.50. The predicted octanol–water partition coefficient (Wildman–Crippen LogP) is 1.35. The first-order chi connectivity index (χ1) is 16.8. The van der Waals surface area contributed by atoms with Crippen LogP contribution in [0.3, 0.4) is 0 Å².